The number of hydrogen-bond donors (Lipinski definition) is 2. The molecule has 0 aromatic carbocycles. The molecule has 0 aliphatic rings. The fraction of sp³-hybridized carbons (Fsp3) is 0.357. The minimum atomic E-state index is -0.124. The van der Waals surface area contributed by atoms with Gasteiger partial charge in [-0.3, -0.25) is 4.79 Å². The maximum absolute atomic E-state index is 12.5. The second kappa shape index (κ2) is 6.11. The molecule has 0 fully saturated rings. The molecule has 0 radical (unpaired) electrons. The van der Waals surface area contributed by atoms with Crippen LogP contribution < -0.4 is 5.32 Å². The number of aliphatic hydroxyl groups is 1. The van der Waals surface area contributed by atoms with Gasteiger partial charge >= 0.3 is 0 Å². The molecule has 0 unspecified atom stereocenters. The van der Waals surface area contributed by atoms with Crippen molar-refractivity contribution in [3.8, 4) is 0 Å². The molecular formula is C14H17N3O2S. The van der Waals surface area contributed by atoms with Crippen molar-refractivity contribution in [3.05, 3.63) is 39.5 Å². The number of carbonyl (C=O) groups excluding carboxylic acids is 1. The van der Waals surface area contributed by atoms with Gasteiger partial charge in [-0.2, -0.15) is 0 Å². The van der Waals surface area contributed by atoms with Crippen LogP contribution in [0.25, 0.3) is 0 Å². The summed E-state index contributed by atoms with van der Waals surface area (Å²) in [6.45, 7) is 5.80. The minimum absolute atomic E-state index is 0.0575. The average Bonchev–Trinajstić information content (AvgIpc) is 2.79. The quantitative estimate of drug-likeness (QED) is 0.827. The van der Waals surface area contributed by atoms with Crippen molar-refractivity contribution in [3.63, 3.8) is 0 Å². The predicted octanol–water partition coefficient (Wildman–Crippen LogP) is 2.39. The maximum Gasteiger partial charge on any atom is 0.208 e. The number of hydrogen-bond acceptors (Lipinski definition) is 6. The fourth-order valence-corrected chi connectivity index (χ4v) is 2.79. The van der Waals surface area contributed by atoms with Gasteiger partial charge in [-0.15, -0.1) is 11.3 Å². The zero-order valence-electron chi connectivity index (χ0n) is 11.7. The summed E-state index contributed by atoms with van der Waals surface area (Å²) in [7, 11) is 0. The van der Waals surface area contributed by atoms with Gasteiger partial charge in [0.05, 0.1) is 17.0 Å². The molecule has 0 saturated heterocycles. The third kappa shape index (κ3) is 3.02. The number of nitrogens with zero attached hydrogens (tertiary/aromatic N) is 2. The number of anilines is 1. The minimum Gasteiger partial charge on any atom is -0.392 e. The van der Waals surface area contributed by atoms with E-state index in [9.17, 15) is 9.90 Å². The van der Waals surface area contributed by atoms with Crippen LogP contribution in [-0.4, -0.2) is 26.9 Å². The molecule has 2 rings (SSSR count). The highest BCUT2D eigenvalue weighted by atomic mass is 32.1. The summed E-state index contributed by atoms with van der Waals surface area (Å²) in [5.74, 6) is 0.415. The first-order chi connectivity index (χ1) is 9.52. The second-order valence-electron chi connectivity index (χ2n) is 4.76. The third-order valence-corrected chi connectivity index (χ3v) is 3.89. The maximum atomic E-state index is 12.5. The number of nitrogens with one attached hydrogen (secondary N) is 1. The van der Waals surface area contributed by atoms with E-state index in [2.05, 4.69) is 15.3 Å². The van der Waals surface area contributed by atoms with Crippen molar-refractivity contribution < 1.29 is 9.90 Å². The van der Waals surface area contributed by atoms with Gasteiger partial charge in [-0.05, 0) is 32.4 Å². The highest BCUT2D eigenvalue weighted by Gasteiger charge is 2.18. The normalized spacial score (nSPS) is 10.8. The molecule has 0 amide bonds. The lowest BCUT2D eigenvalue weighted by molar-refractivity contribution is 0.104. The summed E-state index contributed by atoms with van der Waals surface area (Å²) in [5, 5.41) is 12.4. The Labute approximate surface area is 121 Å². The third-order valence-electron chi connectivity index (χ3n) is 2.80. The van der Waals surface area contributed by atoms with E-state index in [1.807, 2.05) is 20.8 Å². The molecule has 0 aliphatic carbocycles. The van der Waals surface area contributed by atoms with E-state index in [0.29, 0.717) is 16.3 Å². The van der Waals surface area contributed by atoms with Gasteiger partial charge in [0.1, 0.15) is 12.1 Å². The van der Waals surface area contributed by atoms with Crippen LogP contribution in [-0.2, 0) is 6.61 Å². The highest BCUT2D eigenvalue weighted by molar-refractivity contribution is 7.14. The molecule has 2 aromatic heterocycles. The first-order valence-electron chi connectivity index (χ1n) is 6.34. The first kappa shape index (κ1) is 14.6. The fourth-order valence-electron chi connectivity index (χ4n) is 1.81. The lowest BCUT2D eigenvalue weighted by atomic mass is 10.1. The molecule has 20 heavy (non-hydrogen) atoms. The second-order valence-corrected chi connectivity index (χ2v) is 6.02. The van der Waals surface area contributed by atoms with Crippen LogP contribution in [0, 0.1) is 6.92 Å². The molecule has 0 spiro atoms. The lowest BCUT2D eigenvalue weighted by Crippen LogP contribution is -2.15. The van der Waals surface area contributed by atoms with Crippen molar-refractivity contribution in [2.45, 2.75) is 33.4 Å². The predicted molar refractivity (Wildman–Crippen MR) is 79.2 cm³/mol. The van der Waals surface area contributed by atoms with Gasteiger partial charge in [0.2, 0.25) is 5.78 Å². The Morgan fingerprint density at radius 3 is 2.85 bits per heavy atom. The van der Waals surface area contributed by atoms with Crippen molar-refractivity contribution in [1.82, 2.24) is 9.97 Å². The molecule has 0 aliphatic heterocycles. The zero-order chi connectivity index (χ0) is 14.7. The molecular weight excluding hydrogens is 274 g/mol. The summed E-state index contributed by atoms with van der Waals surface area (Å²) in [6, 6.07) is 1.91. The van der Waals surface area contributed by atoms with Crippen molar-refractivity contribution in [2.24, 2.45) is 0 Å². The first-order valence-corrected chi connectivity index (χ1v) is 7.16. The monoisotopic (exact) mass is 291 g/mol. The van der Waals surface area contributed by atoms with Crippen molar-refractivity contribution >= 4 is 22.9 Å². The van der Waals surface area contributed by atoms with E-state index < -0.39 is 0 Å². The molecule has 2 N–H and O–H groups in total. The van der Waals surface area contributed by atoms with E-state index >= 15 is 0 Å². The largest absolute Gasteiger partial charge is 0.392 e. The van der Waals surface area contributed by atoms with Gasteiger partial charge in [0.15, 0.2) is 0 Å². The standard InChI is InChI=1S/C14H17N3O2S/c1-8(2)17-14-11(5-15-7-16-14)13(19)12-4-10(6-18)9(3)20-12/h4-5,7-8,18H,6H2,1-3H3,(H,15,16,17). The topological polar surface area (TPSA) is 75.1 Å². The number of carbonyl (C=O) groups is 1. The zero-order valence-corrected chi connectivity index (χ0v) is 12.5. The van der Waals surface area contributed by atoms with E-state index in [4.69, 9.17) is 0 Å². The summed E-state index contributed by atoms with van der Waals surface area (Å²) in [4.78, 5) is 22.1. The lowest BCUT2D eigenvalue weighted by Gasteiger charge is -2.11. The van der Waals surface area contributed by atoms with Crippen LogP contribution in [0.1, 0.15) is 39.5 Å². The number of rotatable bonds is 5. The number of aromatic nitrogens is 2. The Morgan fingerprint density at radius 2 is 2.25 bits per heavy atom. The molecule has 0 atom stereocenters. The van der Waals surface area contributed by atoms with Crippen LogP contribution >= 0.6 is 11.3 Å². The molecule has 2 heterocycles. The average molecular weight is 291 g/mol. The Morgan fingerprint density at radius 1 is 1.50 bits per heavy atom. The van der Waals surface area contributed by atoms with Crippen LogP contribution in [0.2, 0.25) is 0 Å². The molecule has 2 aromatic rings. The van der Waals surface area contributed by atoms with Gasteiger partial charge in [0.25, 0.3) is 0 Å². The number of aryl methyl sites for hydroxylation is 1. The molecule has 0 saturated carbocycles. The molecule has 0 bridgehead atoms. The Hall–Kier alpha value is -1.79. The number of thiophene rings is 1. The Bertz CT molecular complexity index is 623. The van der Waals surface area contributed by atoms with Gasteiger partial charge in [-0.25, -0.2) is 9.97 Å². The van der Waals surface area contributed by atoms with Gasteiger partial charge < -0.3 is 10.4 Å². The molecule has 6 heteroatoms. The van der Waals surface area contributed by atoms with Crippen molar-refractivity contribution in [2.75, 3.05) is 5.32 Å². The molecule has 106 valence electrons. The Kier molecular flexibility index (Phi) is 4.46. The van der Waals surface area contributed by atoms with Gasteiger partial charge in [-0.1, -0.05) is 0 Å². The van der Waals surface area contributed by atoms with Crippen LogP contribution in [0.4, 0.5) is 5.82 Å². The van der Waals surface area contributed by atoms with E-state index in [1.54, 1.807) is 6.07 Å². The van der Waals surface area contributed by atoms with Crippen LogP contribution in [0.15, 0.2) is 18.6 Å². The van der Waals surface area contributed by atoms with E-state index in [0.717, 1.165) is 10.4 Å². The number of ketones is 1. The summed E-state index contributed by atoms with van der Waals surface area (Å²) < 4.78 is 0. The van der Waals surface area contributed by atoms with E-state index in [1.165, 1.54) is 23.9 Å². The molecule has 5 nitrogen and oxygen atoms in total. The van der Waals surface area contributed by atoms with Crippen LogP contribution in [0.3, 0.4) is 0 Å². The Balaban J connectivity index is 2.37. The summed E-state index contributed by atoms with van der Waals surface area (Å²) in [6.07, 6.45) is 2.94. The van der Waals surface area contributed by atoms with Crippen molar-refractivity contribution in [1.29, 1.82) is 0 Å². The summed E-state index contributed by atoms with van der Waals surface area (Å²) in [5.41, 5.74) is 1.24. The highest BCUT2D eigenvalue weighted by Crippen LogP contribution is 2.26. The van der Waals surface area contributed by atoms with Gasteiger partial charge in [0, 0.05) is 17.1 Å². The smallest absolute Gasteiger partial charge is 0.208 e. The number of aliphatic hydroxyl groups excluding tert-OH is 1. The SMILES string of the molecule is Cc1sc(C(=O)c2cncnc2NC(C)C)cc1CO. The van der Waals surface area contributed by atoms with Crippen LogP contribution in [0.5, 0.6) is 0 Å². The van der Waals surface area contributed by atoms with E-state index in [-0.39, 0.29) is 18.4 Å². The summed E-state index contributed by atoms with van der Waals surface area (Å²) >= 11 is 1.38.